The Balaban J connectivity index is 1.73. The van der Waals surface area contributed by atoms with Gasteiger partial charge >= 0.3 is 0 Å². The maximum Gasteiger partial charge on any atom is 0.0569 e. The predicted octanol–water partition coefficient (Wildman–Crippen LogP) is 8.81. The molecule has 2 heterocycles. The van der Waals surface area contributed by atoms with E-state index in [2.05, 4.69) is 128 Å². The Morgan fingerprint density at radius 3 is 1.25 bits per heavy atom. The zero-order valence-electron chi connectivity index (χ0n) is 17.6. The van der Waals surface area contributed by atoms with Gasteiger partial charge in [0, 0.05) is 66.4 Å². The highest BCUT2D eigenvalue weighted by molar-refractivity contribution is 9.11. The van der Waals surface area contributed by atoms with E-state index in [-0.39, 0.29) is 0 Å². The number of hydrogen-bond donors (Lipinski definition) is 0. The highest BCUT2D eigenvalue weighted by Gasteiger charge is 2.18. The molecule has 0 atom stereocenters. The Hall–Kier alpha value is -2.82. The molecule has 0 spiro atoms. The molecular weight excluding hydrogens is 524 g/mol. The molecule has 0 unspecified atom stereocenters. The summed E-state index contributed by atoms with van der Waals surface area (Å²) in [6, 6.07) is 26.6. The number of rotatable bonds is 0. The molecule has 2 nitrogen and oxygen atoms in total. The quantitative estimate of drug-likeness (QED) is 0.181. The number of aromatic nitrogens is 2. The molecule has 4 heteroatoms. The van der Waals surface area contributed by atoms with E-state index in [0.717, 1.165) is 8.95 Å². The van der Waals surface area contributed by atoms with Crippen LogP contribution in [0.25, 0.3) is 65.2 Å². The highest BCUT2D eigenvalue weighted by Crippen LogP contribution is 2.42. The van der Waals surface area contributed by atoms with Gasteiger partial charge in [-0.05, 0) is 35.0 Å². The Bertz CT molecular complexity index is 1780. The van der Waals surface area contributed by atoms with E-state index < -0.39 is 0 Å². The summed E-state index contributed by atoms with van der Waals surface area (Å²) in [5.74, 6) is 0. The fourth-order valence-electron chi connectivity index (χ4n) is 5.57. The molecule has 0 radical (unpaired) electrons. The normalized spacial score (nSPS) is 12.4. The number of hydrogen-bond acceptors (Lipinski definition) is 0. The van der Waals surface area contributed by atoms with Gasteiger partial charge in [-0.25, -0.2) is 0 Å². The first-order chi connectivity index (χ1) is 15.5. The molecular formula is C28H18Br2N2. The average Bonchev–Trinajstić information content (AvgIpc) is 3.24. The van der Waals surface area contributed by atoms with Gasteiger partial charge in [0.2, 0.25) is 0 Å². The van der Waals surface area contributed by atoms with Crippen molar-refractivity contribution in [3.05, 3.63) is 81.7 Å². The van der Waals surface area contributed by atoms with Crippen LogP contribution in [0.5, 0.6) is 0 Å². The molecule has 0 fully saturated rings. The van der Waals surface area contributed by atoms with Gasteiger partial charge < -0.3 is 9.13 Å². The number of fused-ring (bicyclic) bond motifs is 10. The SMILES string of the molecule is Cn1c2cc3c4cc(Br)c5ccccc5c4n(C)c3cc2c2cc(Br)c3ccccc3c21. The maximum absolute atomic E-state index is 3.82. The largest absolute Gasteiger partial charge is 0.343 e. The summed E-state index contributed by atoms with van der Waals surface area (Å²) < 4.78 is 6.99. The van der Waals surface area contributed by atoms with E-state index in [4.69, 9.17) is 0 Å². The Morgan fingerprint density at radius 2 is 0.844 bits per heavy atom. The number of nitrogens with zero attached hydrogens (tertiary/aromatic N) is 2. The molecule has 0 N–H and O–H groups in total. The van der Waals surface area contributed by atoms with E-state index in [9.17, 15) is 0 Å². The fraction of sp³-hybridized carbons (Fsp3) is 0.0714. The van der Waals surface area contributed by atoms with Crippen molar-refractivity contribution < 1.29 is 0 Å². The van der Waals surface area contributed by atoms with Crippen molar-refractivity contribution in [1.82, 2.24) is 9.13 Å². The van der Waals surface area contributed by atoms with Gasteiger partial charge in [0.05, 0.1) is 11.0 Å². The molecule has 0 saturated carbocycles. The summed E-state index contributed by atoms with van der Waals surface area (Å²) in [5, 5.41) is 10.2. The van der Waals surface area contributed by atoms with Crippen LogP contribution >= 0.6 is 31.9 Å². The molecule has 0 aliphatic rings. The van der Waals surface area contributed by atoms with E-state index in [1.54, 1.807) is 0 Å². The predicted molar refractivity (Wildman–Crippen MR) is 145 cm³/mol. The lowest BCUT2D eigenvalue weighted by Gasteiger charge is -2.06. The van der Waals surface area contributed by atoms with Gasteiger partial charge in [-0.3, -0.25) is 0 Å². The van der Waals surface area contributed by atoms with Crippen molar-refractivity contribution in [3.63, 3.8) is 0 Å². The second kappa shape index (κ2) is 6.37. The van der Waals surface area contributed by atoms with Gasteiger partial charge in [0.25, 0.3) is 0 Å². The Kier molecular flexibility index (Phi) is 3.73. The molecule has 0 bridgehead atoms. The third-order valence-corrected chi connectivity index (χ3v) is 8.33. The van der Waals surface area contributed by atoms with E-state index in [0.29, 0.717) is 0 Å². The first-order valence-electron chi connectivity index (χ1n) is 10.6. The second-order valence-electron chi connectivity index (χ2n) is 8.60. The topological polar surface area (TPSA) is 9.86 Å². The summed E-state index contributed by atoms with van der Waals surface area (Å²) in [7, 11) is 4.38. The Morgan fingerprint density at radius 1 is 0.469 bits per heavy atom. The summed E-state index contributed by atoms with van der Waals surface area (Å²) in [4.78, 5) is 0. The van der Waals surface area contributed by atoms with Gasteiger partial charge in [0.1, 0.15) is 0 Å². The molecule has 0 aliphatic carbocycles. The summed E-state index contributed by atoms with van der Waals surface area (Å²) in [6.07, 6.45) is 0. The van der Waals surface area contributed by atoms with Crippen LogP contribution in [-0.2, 0) is 14.1 Å². The molecule has 5 aromatic carbocycles. The van der Waals surface area contributed by atoms with Crippen LogP contribution in [0, 0.1) is 0 Å². The fourth-order valence-corrected chi connectivity index (χ4v) is 6.72. The maximum atomic E-state index is 3.82. The number of halogens is 2. The van der Waals surface area contributed by atoms with Crippen molar-refractivity contribution in [1.29, 1.82) is 0 Å². The molecule has 0 amide bonds. The third kappa shape index (κ3) is 2.24. The molecule has 0 saturated heterocycles. The lowest BCUT2D eigenvalue weighted by Crippen LogP contribution is -1.89. The minimum absolute atomic E-state index is 1.14. The minimum atomic E-state index is 1.14. The second-order valence-corrected chi connectivity index (χ2v) is 10.3. The lowest BCUT2D eigenvalue weighted by atomic mass is 10.0. The van der Waals surface area contributed by atoms with Crippen molar-refractivity contribution in [2.24, 2.45) is 14.1 Å². The highest BCUT2D eigenvalue weighted by atomic mass is 79.9. The van der Waals surface area contributed by atoms with Crippen LogP contribution < -0.4 is 0 Å². The number of aryl methyl sites for hydroxylation is 2. The van der Waals surface area contributed by atoms with Crippen molar-refractivity contribution in [2.75, 3.05) is 0 Å². The van der Waals surface area contributed by atoms with Gasteiger partial charge in [-0.2, -0.15) is 0 Å². The first-order valence-corrected chi connectivity index (χ1v) is 12.2. The van der Waals surface area contributed by atoms with Gasteiger partial charge in [0.15, 0.2) is 0 Å². The zero-order valence-corrected chi connectivity index (χ0v) is 20.8. The first kappa shape index (κ1) is 18.7. The van der Waals surface area contributed by atoms with E-state index in [1.165, 1.54) is 65.2 Å². The zero-order chi connectivity index (χ0) is 21.7. The summed E-state index contributed by atoms with van der Waals surface area (Å²) in [6.45, 7) is 0. The van der Waals surface area contributed by atoms with Crippen LogP contribution in [-0.4, -0.2) is 9.13 Å². The van der Waals surface area contributed by atoms with Crippen molar-refractivity contribution >= 4 is 97.0 Å². The molecule has 154 valence electrons. The van der Waals surface area contributed by atoms with Gasteiger partial charge in [-0.1, -0.05) is 80.4 Å². The molecule has 32 heavy (non-hydrogen) atoms. The van der Waals surface area contributed by atoms with E-state index in [1.807, 2.05) is 0 Å². The van der Waals surface area contributed by atoms with Crippen LogP contribution in [0.4, 0.5) is 0 Å². The lowest BCUT2D eigenvalue weighted by molar-refractivity contribution is 1.01. The molecule has 2 aromatic heterocycles. The van der Waals surface area contributed by atoms with Crippen molar-refractivity contribution in [2.45, 2.75) is 0 Å². The number of benzene rings is 5. The van der Waals surface area contributed by atoms with Gasteiger partial charge in [-0.15, -0.1) is 0 Å². The standard InChI is InChI=1S/C28H18Br2N2/c1-31-25-13-20-22-12-24(30)16-8-4-6-10-18(16)28(22)32(2)26(20)14-19(25)21-11-23(29)15-7-3-5-9-17(15)27(21)31/h3-14H,1-2H3. The Labute approximate surface area is 201 Å². The summed E-state index contributed by atoms with van der Waals surface area (Å²) >= 11 is 7.64. The van der Waals surface area contributed by atoms with Crippen molar-refractivity contribution in [3.8, 4) is 0 Å². The molecule has 0 aliphatic heterocycles. The van der Waals surface area contributed by atoms with Crippen LogP contribution in [0.15, 0.2) is 81.7 Å². The minimum Gasteiger partial charge on any atom is -0.343 e. The summed E-state index contributed by atoms with van der Waals surface area (Å²) in [5.41, 5.74) is 5.08. The molecule has 7 rings (SSSR count). The van der Waals surface area contributed by atoms with Crippen LogP contribution in [0.1, 0.15) is 0 Å². The monoisotopic (exact) mass is 540 g/mol. The van der Waals surface area contributed by atoms with Crippen LogP contribution in [0.3, 0.4) is 0 Å². The van der Waals surface area contributed by atoms with E-state index >= 15 is 0 Å². The van der Waals surface area contributed by atoms with Crippen LogP contribution in [0.2, 0.25) is 0 Å². The average molecular weight is 542 g/mol. The third-order valence-electron chi connectivity index (χ3n) is 7.02. The smallest absolute Gasteiger partial charge is 0.0569 e. The molecule has 7 aromatic rings.